The fraction of sp³-hybridized carbons (Fsp3) is 0.0182. The Morgan fingerprint density at radius 1 is 0.200 bits per heavy atom. The fourth-order valence-corrected chi connectivity index (χ4v) is 8.74. The minimum Gasteiger partial charge on any atom is -0.0622 e. The van der Waals surface area contributed by atoms with Gasteiger partial charge in [0, 0.05) is 0 Å². The third-order valence-corrected chi connectivity index (χ3v) is 11.4. The highest BCUT2D eigenvalue weighted by molar-refractivity contribution is 5.89. The number of rotatable bonds is 7. The lowest BCUT2D eigenvalue weighted by Crippen LogP contribution is -2.28. The van der Waals surface area contributed by atoms with Crippen molar-refractivity contribution >= 4 is 0 Å². The zero-order chi connectivity index (χ0) is 36.6. The largest absolute Gasteiger partial charge is 0.0713 e. The van der Waals surface area contributed by atoms with E-state index in [4.69, 9.17) is 0 Å². The van der Waals surface area contributed by atoms with Gasteiger partial charge < -0.3 is 0 Å². The molecule has 0 amide bonds. The minimum atomic E-state index is -0.422. The lowest BCUT2D eigenvalue weighted by atomic mass is 9.67. The molecule has 9 aromatic carbocycles. The maximum absolute atomic E-state index is 2.45. The molecule has 0 heterocycles. The molecule has 0 saturated carbocycles. The van der Waals surface area contributed by atoms with Crippen LogP contribution in [0.3, 0.4) is 0 Å². The van der Waals surface area contributed by atoms with Gasteiger partial charge in [0.05, 0.1) is 5.41 Å². The van der Waals surface area contributed by atoms with E-state index in [9.17, 15) is 0 Å². The van der Waals surface area contributed by atoms with Gasteiger partial charge in [-0.1, -0.05) is 206 Å². The molecule has 0 spiro atoms. The molecule has 55 heavy (non-hydrogen) atoms. The molecule has 0 aliphatic heterocycles. The molecule has 0 nitrogen and oxygen atoms in total. The summed E-state index contributed by atoms with van der Waals surface area (Å²) in [5, 5.41) is 0. The van der Waals surface area contributed by atoms with E-state index in [1.54, 1.807) is 0 Å². The molecule has 1 aliphatic rings. The molecule has 1 aliphatic carbocycles. The van der Waals surface area contributed by atoms with Gasteiger partial charge in [-0.15, -0.1) is 0 Å². The fourth-order valence-electron chi connectivity index (χ4n) is 8.74. The first-order valence-corrected chi connectivity index (χ1v) is 19.1. The Labute approximate surface area is 323 Å². The molecule has 0 radical (unpaired) electrons. The highest BCUT2D eigenvalue weighted by atomic mass is 14.5. The Bertz CT molecular complexity index is 2740. The maximum atomic E-state index is 2.45. The third-order valence-electron chi connectivity index (χ3n) is 11.4. The Morgan fingerprint density at radius 2 is 0.527 bits per heavy atom. The Hall–Kier alpha value is -7.02. The minimum absolute atomic E-state index is 0.422. The number of hydrogen-bond acceptors (Lipinski definition) is 0. The van der Waals surface area contributed by atoms with Gasteiger partial charge in [0.25, 0.3) is 0 Å². The van der Waals surface area contributed by atoms with Gasteiger partial charge in [-0.3, -0.25) is 0 Å². The van der Waals surface area contributed by atoms with Gasteiger partial charge in [-0.25, -0.2) is 0 Å². The molecule has 0 unspecified atom stereocenters. The van der Waals surface area contributed by atoms with Crippen molar-refractivity contribution in [3.63, 3.8) is 0 Å². The first kappa shape index (κ1) is 32.6. The molecule has 0 N–H and O–H groups in total. The van der Waals surface area contributed by atoms with Crippen LogP contribution < -0.4 is 0 Å². The lowest BCUT2D eigenvalue weighted by Gasteiger charge is -2.34. The third kappa shape index (κ3) is 5.71. The first-order valence-electron chi connectivity index (χ1n) is 19.1. The summed E-state index contributed by atoms with van der Waals surface area (Å²) >= 11 is 0. The zero-order valence-electron chi connectivity index (χ0n) is 30.4. The number of hydrogen-bond donors (Lipinski definition) is 0. The maximum Gasteiger partial charge on any atom is 0.0713 e. The van der Waals surface area contributed by atoms with Crippen LogP contribution in [0.1, 0.15) is 22.3 Å². The van der Waals surface area contributed by atoms with Crippen LogP contribution in [-0.4, -0.2) is 0 Å². The van der Waals surface area contributed by atoms with Crippen LogP contribution in [0.4, 0.5) is 0 Å². The van der Waals surface area contributed by atoms with E-state index >= 15 is 0 Å². The van der Waals surface area contributed by atoms with E-state index in [0.29, 0.717) is 0 Å². The SMILES string of the molecule is c1ccc(-c2ccc(-c3cccc(-c4cccc(-c5cccc(-c6ccc7c(c6)C(c6ccccc6)(c6ccccc6)c6ccccc6-7)c5)c4)c3)cc2)cc1. The topological polar surface area (TPSA) is 0 Å². The van der Waals surface area contributed by atoms with E-state index in [1.807, 2.05) is 0 Å². The van der Waals surface area contributed by atoms with Crippen molar-refractivity contribution in [3.8, 4) is 66.8 Å². The van der Waals surface area contributed by atoms with Crippen LogP contribution in [0.25, 0.3) is 66.8 Å². The molecule has 0 atom stereocenters. The van der Waals surface area contributed by atoms with Gasteiger partial charge in [-0.05, 0) is 113 Å². The Balaban J connectivity index is 1.02. The predicted octanol–water partition coefficient (Wildman–Crippen LogP) is 14.4. The van der Waals surface area contributed by atoms with Crippen molar-refractivity contribution in [2.75, 3.05) is 0 Å². The summed E-state index contributed by atoms with van der Waals surface area (Å²) in [7, 11) is 0. The summed E-state index contributed by atoms with van der Waals surface area (Å²) in [5.41, 5.74) is 19.5. The molecule has 0 heteroatoms. The van der Waals surface area contributed by atoms with Crippen LogP contribution in [0, 0.1) is 0 Å². The van der Waals surface area contributed by atoms with Crippen molar-refractivity contribution in [2.24, 2.45) is 0 Å². The van der Waals surface area contributed by atoms with Crippen LogP contribution in [0.15, 0.2) is 231 Å². The van der Waals surface area contributed by atoms with Crippen molar-refractivity contribution in [3.05, 3.63) is 253 Å². The summed E-state index contributed by atoms with van der Waals surface area (Å²) in [5.74, 6) is 0. The predicted molar refractivity (Wildman–Crippen MR) is 231 cm³/mol. The zero-order valence-corrected chi connectivity index (χ0v) is 30.4. The molecular weight excluding hydrogens is 661 g/mol. The Kier molecular flexibility index (Phi) is 8.16. The van der Waals surface area contributed by atoms with Gasteiger partial charge in [0.2, 0.25) is 0 Å². The molecule has 9 aromatic rings. The van der Waals surface area contributed by atoms with E-state index in [2.05, 4.69) is 231 Å². The molecule has 0 bridgehead atoms. The second kappa shape index (κ2) is 13.8. The van der Waals surface area contributed by atoms with Crippen molar-refractivity contribution in [2.45, 2.75) is 5.41 Å². The van der Waals surface area contributed by atoms with Crippen molar-refractivity contribution in [1.29, 1.82) is 0 Å². The second-order valence-electron chi connectivity index (χ2n) is 14.5. The van der Waals surface area contributed by atoms with E-state index in [1.165, 1.54) is 89.0 Å². The average molecular weight is 699 g/mol. The highest BCUT2D eigenvalue weighted by Crippen LogP contribution is 2.56. The van der Waals surface area contributed by atoms with E-state index in [-0.39, 0.29) is 0 Å². The molecule has 10 rings (SSSR count). The van der Waals surface area contributed by atoms with Crippen molar-refractivity contribution in [1.82, 2.24) is 0 Å². The van der Waals surface area contributed by atoms with Crippen LogP contribution in [0.5, 0.6) is 0 Å². The Morgan fingerprint density at radius 3 is 1.04 bits per heavy atom. The summed E-state index contributed by atoms with van der Waals surface area (Å²) < 4.78 is 0. The van der Waals surface area contributed by atoms with Crippen molar-refractivity contribution < 1.29 is 0 Å². The standard InChI is InChI=1S/C55H38/c1-4-15-39(16-5-1)40-29-31-41(32-30-40)42-17-12-18-43(35-42)44-19-13-20-45(36-44)46-21-14-22-47(37-46)48-33-34-52-51-27-10-11-28-53(51)55(54(52)38-48,49-23-6-2-7-24-49)50-25-8-3-9-26-50/h1-38H. The van der Waals surface area contributed by atoms with Gasteiger partial charge in [-0.2, -0.15) is 0 Å². The normalized spacial score (nSPS) is 12.5. The number of benzene rings is 9. The summed E-state index contributed by atoms with van der Waals surface area (Å²) in [6.45, 7) is 0. The lowest BCUT2D eigenvalue weighted by molar-refractivity contribution is 0.769. The number of fused-ring (bicyclic) bond motifs is 3. The van der Waals surface area contributed by atoms with E-state index in [0.717, 1.165) is 0 Å². The van der Waals surface area contributed by atoms with Crippen LogP contribution in [0.2, 0.25) is 0 Å². The summed E-state index contributed by atoms with van der Waals surface area (Å²) in [6, 6.07) is 84.4. The second-order valence-corrected chi connectivity index (χ2v) is 14.5. The quantitative estimate of drug-likeness (QED) is 0.155. The van der Waals surface area contributed by atoms with Gasteiger partial charge in [0.15, 0.2) is 0 Å². The van der Waals surface area contributed by atoms with Gasteiger partial charge in [0.1, 0.15) is 0 Å². The molecule has 0 aromatic heterocycles. The highest BCUT2D eigenvalue weighted by Gasteiger charge is 2.46. The smallest absolute Gasteiger partial charge is 0.0622 e. The van der Waals surface area contributed by atoms with E-state index < -0.39 is 5.41 Å². The van der Waals surface area contributed by atoms with Gasteiger partial charge >= 0.3 is 0 Å². The summed E-state index contributed by atoms with van der Waals surface area (Å²) in [4.78, 5) is 0. The molecule has 0 fully saturated rings. The monoisotopic (exact) mass is 698 g/mol. The molecular formula is C55H38. The molecule has 258 valence electrons. The first-order chi connectivity index (χ1) is 27.3. The van der Waals surface area contributed by atoms with Crippen LogP contribution >= 0.6 is 0 Å². The van der Waals surface area contributed by atoms with Crippen LogP contribution in [-0.2, 0) is 5.41 Å². The molecule has 0 saturated heterocycles. The summed E-state index contributed by atoms with van der Waals surface area (Å²) in [6.07, 6.45) is 0. The average Bonchev–Trinajstić information content (AvgIpc) is 3.58.